The zero-order chi connectivity index (χ0) is 24.0. The largest absolute Gasteiger partial charge is 0.423 e. The molecule has 14 heteroatoms. The van der Waals surface area contributed by atoms with E-state index in [0.29, 0.717) is 17.2 Å². The van der Waals surface area contributed by atoms with E-state index in [1.165, 1.54) is 6.07 Å². The maximum atomic E-state index is 13.5. The molecule has 0 aliphatic rings. The molecule has 11 nitrogen and oxygen atoms in total. The molecular weight excluding hydrogens is 468 g/mol. The third-order valence-corrected chi connectivity index (χ3v) is 6.04. The maximum Gasteiger partial charge on any atom is 0.299 e. The topological polar surface area (TPSA) is 129 Å². The number of hydrogen-bond donors (Lipinski definition) is 1. The van der Waals surface area contributed by atoms with E-state index in [1.807, 2.05) is 19.1 Å². The Kier molecular flexibility index (Phi) is 5.36. The number of nitrogens with zero attached hydrogens (tertiary/aromatic N) is 8. The molecule has 0 spiro atoms. The minimum absolute atomic E-state index is 0.133. The van der Waals surface area contributed by atoms with Crippen LogP contribution >= 0.6 is 11.3 Å². The van der Waals surface area contributed by atoms with Crippen molar-refractivity contribution in [1.82, 2.24) is 45.1 Å². The van der Waals surface area contributed by atoms with E-state index in [0.717, 1.165) is 14.4 Å². The Bertz CT molecular complexity index is 1500. The number of aryl methyl sites for hydroxylation is 2. The molecule has 0 saturated heterocycles. The maximum absolute atomic E-state index is 13.5. The van der Waals surface area contributed by atoms with Gasteiger partial charge in [-0.05, 0) is 42.5 Å². The number of fused-ring (bicyclic) bond motifs is 1. The Hall–Kier alpha value is -4.07. The number of thiophene rings is 1. The summed E-state index contributed by atoms with van der Waals surface area (Å²) in [7, 11) is 0. The Balaban J connectivity index is 1.64. The van der Waals surface area contributed by atoms with Gasteiger partial charge in [-0.15, -0.1) is 26.6 Å². The molecule has 1 amide bonds. The quantitative estimate of drug-likeness (QED) is 0.387. The van der Waals surface area contributed by atoms with Crippen molar-refractivity contribution in [3.63, 3.8) is 0 Å². The summed E-state index contributed by atoms with van der Waals surface area (Å²) in [5, 5.41) is 21.0. The molecule has 0 saturated carbocycles. The number of pyridine rings is 1. The van der Waals surface area contributed by atoms with Crippen molar-refractivity contribution in [3.05, 3.63) is 58.6 Å². The lowest BCUT2D eigenvalue weighted by atomic mass is 10.2. The van der Waals surface area contributed by atoms with Gasteiger partial charge in [0.1, 0.15) is 11.7 Å². The fourth-order valence-electron chi connectivity index (χ4n) is 3.43. The Labute approximate surface area is 194 Å². The van der Waals surface area contributed by atoms with Crippen LogP contribution in [0.1, 0.15) is 52.2 Å². The van der Waals surface area contributed by atoms with Crippen LogP contribution in [0.2, 0.25) is 0 Å². The molecule has 34 heavy (non-hydrogen) atoms. The van der Waals surface area contributed by atoms with Gasteiger partial charge in [-0.3, -0.25) is 9.20 Å². The van der Waals surface area contributed by atoms with Gasteiger partial charge in [0.2, 0.25) is 17.6 Å². The normalized spacial score (nSPS) is 12.5. The molecule has 0 aromatic carbocycles. The predicted molar refractivity (Wildman–Crippen MR) is 116 cm³/mol. The van der Waals surface area contributed by atoms with Crippen LogP contribution in [0.25, 0.3) is 21.9 Å². The summed E-state index contributed by atoms with van der Waals surface area (Å²) in [6.45, 7) is 5.31. The third-order valence-electron chi connectivity index (χ3n) is 5.02. The molecule has 0 aliphatic heterocycles. The molecule has 5 rings (SSSR count). The van der Waals surface area contributed by atoms with E-state index in [4.69, 9.17) is 4.42 Å². The lowest BCUT2D eigenvalue weighted by molar-refractivity contribution is 0.0933. The van der Waals surface area contributed by atoms with Gasteiger partial charge in [-0.25, -0.2) is 13.8 Å². The Morgan fingerprint density at radius 2 is 2.03 bits per heavy atom. The second-order valence-corrected chi connectivity index (χ2v) is 8.75. The van der Waals surface area contributed by atoms with E-state index in [-0.39, 0.29) is 17.1 Å². The van der Waals surface area contributed by atoms with Crippen LogP contribution in [-0.4, -0.2) is 45.7 Å². The van der Waals surface area contributed by atoms with Gasteiger partial charge in [-0.2, -0.15) is 4.68 Å². The highest BCUT2D eigenvalue weighted by molar-refractivity contribution is 7.15. The number of tetrazole rings is 1. The Morgan fingerprint density at radius 1 is 1.21 bits per heavy atom. The van der Waals surface area contributed by atoms with Crippen LogP contribution in [0.4, 0.5) is 8.78 Å². The Morgan fingerprint density at radius 3 is 2.71 bits per heavy atom. The molecule has 0 fully saturated rings. The number of carbonyl (C=O) groups excluding carboxylic acids is 1. The monoisotopic (exact) mass is 485 g/mol. The first-order valence-corrected chi connectivity index (χ1v) is 10.9. The third kappa shape index (κ3) is 3.81. The van der Waals surface area contributed by atoms with Crippen molar-refractivity contribution in [2.24, 2.45) is 0 Å². The highest BCUT2D eigenvalue weighted by Crippen LogP contribution is 2.31. The first-order chi connectivity index (χ1) is 16.3. The number of carbonyl (C=O) groups is 1. The molecule has 0 radical (unpaired) electrons. The second kappa shape index (κ2) is 8.37. The number of halogens is 2. The number of nitrogens with one attached hydrogen (secondary N) is 1. The van der Waals surface area contributed by atoms with Crippen molar-refractivity contribution in [3.8, 4) is 16.3 Å². The number of imidazole rings is 1. The number of alkyl halides is 2. The smallest absolute Gasteiger partial charge is 0.299 e. The van der Waals surface area contributed by atoms with E-state index in [9.17, 15) is 13.6 Å². The summed E-state index contributed by atoms with van der Waals surface area (Å²) >= 11 is 1.54. The van der Waals surface area contributed by atoms with Crippen LogP contribution in [0.15, 0.2) is 35.0 Å². The molecule has 5 aromatic rings. The lowest BCUT2D eigenvalue weighted by Crippen LogP contribution is -2.27. The highest BCUT2D eigenvalue weighted by Gasteiger charge is 2.24. The number of amides is 1. The fraction of sp³-hybridized carbons (Fsp3) is 0.250. The number of hydrogen-bond acceptors (Lipinski definition) is 9. The summed E-state index contributed by atoms with van der Waals surface area (Å²) in [6, 6.07) is 4.72. The van der Waals surface area contributed by atoms with Crippen LogP contribution in [0.3, 0.4) is 0 Å². The zero-order valence-electron chi connectivity index (χ0n) is 18.1. The van der Waals surface area contributed by atoms with E-state index < -0.39 is 24.2 Å². The summed E-state index contributed by atoms with van der Waals surface area (Å²) in [6.07, 6.45) is 0.272. The van der Waals surface area contributed by atoms with Gasteiger partial charge >= 0.3 is 0 Å². The van der Waals surface area contributed by atoms with Gasteiger partial charge < -0.3 is 9.73 Å². The van der Waals surface area contributed by atoms with Crippen LogP contribution in [0.5, 0.6) is 0 Å². The summed E-state index contributed by atoms with van der Waals surface area (Å²) in [5.41, 5.74) is 1.31. The number of aromatic nitrogens is 8. The average molecular weight is 485 g/mol. The van der Waals surface area contributed by atoms with Crippen molar-refractivity contribution < 1.29 is 18.0 Å². The van der Waals surface area contributed by atoms with Crippen LogP contribution < -0.4 is 5.32 Å². The van der Waals surface area contributed by atoms with Gasteiger partial charge in [0, 0.05) is 18.0 Å². The number of rotatable bonds is 6. The lowest BCUT2D eigenvalue weighted by Gasteiger charge is -2.13. The molecule has 5 heterocycles. The van der Waals surface area contributed by atoms with Crippen LogP contribution in [-0.2, 0) is 0 Å². The molecule has 0 aliphatic carbocycles. The summed E-state index contributed by atoms with van der Waals surface area (Å²) < 4.78 is 35.0. The average Bonchev–Trinajstić information content (AvgIpc) is 3.59. The van der Waals surface area contributed by atoms with Gasteiger partial charge in [0.25, 0.3) is 12.3 Å². The molecule has 5 aromatic heterocycles. The first-order valence-electron chi connectivity index (χ1n) is 10.1. The van der Waals surface area contributed by atoms with E-state index in [2.05, 4.69) is 36.0 Å². The fourth-order valence-corrected chi connectivity index (χ4v) is 4.31. The van der Waals surface area contributed by atoms with Gasteiger partial charge in [-0.1, -0.05) is 0 Å². The summed E-state index contributed by atoms with van der Waals surface area (Å²) in [5.74, 6) is -0.539. The predicted octanol–water partition coefficient (Wildman–Crippen LogP) is 3.47. The van der Waals surface area contributed by atoms with Crippen molar-refractivity contribution >= 4 is 22.9 Å². The van der Waals surface area contributed by atoms with E-state index in [1.54, 1.807) is 42.0 Å². The van der Waals surface area contributed by atoms with Crippen molar-refractivity contribution in [2.75, 3.05) is 0 Å². The van der Waals surface area contributed by atoms with Gasteiger partial charge in [0.15, 0.2) is 5.65 Å². The van der Waals surface area contributed by atoms with Crippen molar-refractivity contribution in [2.45, 2.75) is 33.2 Å². The highest BCUT2D eigenvalue weighted by atomic mass is 32.1. The minimum atomic E-state index is -2.93. The molecule has 1 atom stereocenters. The summed E-state index contributed by atoms with van der Waals surface area (Å²) in [4.78, 5) is 19.6. The first kappa shape index (κ1) is 21.8. The molecule has 0 bridgehead atoms. The molecule has 0 unspecified atom stereocenters. The SMILES string of the molecule is Cc1nnc([C@@H](C)NC(=O)c2cc(-n3nnnc3C(F)F)c3ncc(-c4ccc(C)s4)n3c2)o1. The molecule has 174 valence electrons. The zero-order valence-corrected chi connectivity index (χ0v) is 18.9. The molecule has 1 N–H and O–H groups in total. The standard InChI is InChI=1S/C20H17F2N9O2S/c1-9-4-5-15(34-9)14-7-23-17-13(31-18(16(21)22)26-28-29-31)6-12(8-30(14)17)19(32)24-10(2)20-27-25-11(3)33-20/h4-8,10,16H,1-3H3,(H,24,32)/t10-/m1/s1. The second-order valence-electron chi connectivity index (χ2n) is 7.47. The van der Waals surface area contributed by atoms with Gasteiger partial charge in [0.05, 0.1) is 22.3 Å². The van der Waals surface area contributed by atoms with E-state index >= 15 is 0 Å². The minimum Gasteiger partial charge on any atom is -0.423 e. The van der Waals surface area contributed by atoms with Crippen LogP contribution in [0, 0.1) is 13.8 Å². The van der Waals surface area contributed by atoms with Crippen molar-refractivity contribution in [1.29, 1.82) is 0 Å². The molecular formula is C20H17F2N9O2S.